The standard InChI is InChI=1S/C52H90O7S.Na/c1-3-5-7-9-11-13-15-17-19-21-23-25-27-29-31-33-35-37-39-41-46-58-51(53)48-44-43-45-49(60(55,56)57)50(48)52(54)59-47-42-40-38-36-34-32-30-28-26-24-22-20-18-16-14-12-10-8-6-4-2;/h13-16,43-45H,3-12,17-42,46-47H2,1-2H3,(H,55,56,57);/q;+1/p-1/b15-13+,16-14+;. The van der Waals surface area contributed by atoms with Crippen molar-refractivity contribution in [3.8, 4) is 0 Å². The molecule has 1 aromatic carbocycles. The van der Waals surface area contributed by atoms with Crippen LogP contribution in [0.2, 0.25) is 0 Å². The Labute approximate surface area is 397 Å². The van der Waals surface area contributed by atoms with Gasteiger partial charge in [0.1, 0.15) is 10.1 Å². The minimum Gasteiger partial charge on any atom is -0.744 e. The summed E-state index contributed by atoms with van der Waals surface area (Å²) < 4.78 is 46.9. The third kappa shape index (κ3) is 35.6. The van der Waals surface area contributed by atoms with Crippen molar-refractivity contribution in [1.82, 2.24) is 0 Å². The van der Waals surface area contributed by atoms with E-state index in [1.165, 1.54) is 192 Å². The van der Waals surface area contributed by atoms with E-state index in [-0.39, 0.29) is 48.3 Å². The second kappa shape index (κ2) is 43.8. The van der Waals surface area contributed by atoms with Gasteiger partial charge in [0, 0.05) is 0 Å². The monoisotopic (exact) mass is 881 g/mol. The molecule has 0 bridgehead atoms. The van der Waals surface area contributed by atoms with Crippen LogP contribution in [0.3, 0.4) is 0 Å². The molecule has 0 saturated carbocycles. The van der Waals surface area contributed by atoms with Gasteiger partial charge in [-0.05, 0) is 76.3 Å². The maximum atomic E-state index is 13.1. The van der Waals surface area contributed by atoms with Gasteiger partial charge in [0.05, 0.1) is 29.2 Å². The molecule has 0 radical (unpaired) electrons. The van der Waals surface area contributed by atoms with Gasteiger partial charge in [-0.25, -0.2) is 18.0 Å². The molecule has 7 nitrogen and oxygen atoms in total. The second-order valence-electron chi connectivity index (χ2n) is 17.1. The number of unbranched alkanes of at least 4 members (excludes halogenated alkanes) is 32. The molecule has 0 aliphatic rings. The second-order valence-corrected chi connectivity index (χ2v) is 18.5. The van der Waals surface area contributed by atoms with E-state index in [9.17, 15) is 22.6 Å². The van der Waals surface area contributed by atoms with Crippen LogP contribution in [0.25, 0.3) is 0 Å². The van der Waals surface area contributed by atoms with Gasteiger partial charge in [-0.15, -0.1) is 0 Å². The summed E-state index contributed by atoms with van der Waals surface area (Å²) in [6.07, 6.45) is 53.2. The van der Waals surface area contributed by atoms with E-state index in [2.05, 4.69) is 38.2 Å². The van der Waals surface area contributed by atoms with E-state index in [0.29, 0.717) is 12.8 Å². The number of benzene rings is 1. The van der Waals surface area contributed by atoms with Crippen LogP contribution in [0.1, 0.15) is 266 Å². The van der Waals surface area contributed by atoms with E-state index in [0.717, 1.165) is 44.6 Å². The summed E-state index contributed by atoms with van der Waals surface area (Å²) in [7, 11) is -5.02. The average Bonchev–Trinajstić information content (AvgIpc) is 3.24. The molecule has 0 aromatic heterocycles. The first kappa shape index (κ1) is 59.5. The number of carbonyl (C=O) groups excluding carboxylic acids is 2. The molecule has 0 atom stereocenters. The van der Waals surface area contributed by atoms with Gasteiger partial charge in [-0.1, -0.05) is 211 Å². The van der Waals surface area contributed by atoms with Gasteiger partial charge in [-0.3, -0.25) is 0 Å². The first-order chi connectivity index (χ1) is 29.3. The van der Waals surface area contributed by atoms with E-state index < -0.39 is 32.5 Å². The SMILES string of the molecule is CCCCCC/C=C/CCCCCCCCCCCCCCOC(=O)c1cccc(S(=O)(=O)[O-])c1C(=O)OCCCCCCCCCCCCCC/C=C/CCCCCC.[Na+]. The third-order valence-electron chi connectivity index (χ3n) is 11.5. The number of ether oxygens (including phenoxy) is 2. The fourth-order valence-electron chi connectivity index (χ4n) is 7.71. The predicted molar refractivity (Wildman–Crippen MR) is 251 cm³/mol. The Hall–Kier alpha value is -1.45. The molecule has 0 spiro atoms. The summed E-state index contributed by atoms with van der Waals surface area (Å²) in [5, 5.41) is 0. The molecule has 0 N–H and O–H groups in total. The van der Waals surface area contributed by atoms with Crippen LogP contribution >= 0.6 is 0 Å². The van der Waals surface area contributed by atoms with Gasteiger partial charge >= 0.3 is 41.5 Å². The molecular formula is C52H89NaO7S. The fourth-order valence-corrected chi connectivity index (χ4v) is 8.40. The van der Waals surface area contributed by atoms with Crippen LogP contribution in [-0.2, 0) is 19.6 Å². The van der Waals surface area contributed by atoms with Gasteiger partial charge in [0.2, 0.25) is 0 Å². The minimum atomic E-state index is -5.02. The molecule has 0 amide bonds. The maximum Gasteiger partial charge on any atom is 1.00 e. The van der Waals surface area contributed by atoms with Crippen molar-refractivity contribution in [2.45, 2.75) is 250 Å². The molecule has 0 heterocycles. The molecule has 0 aliphatic carbocycles. The molecule has 0 saturated heterocycles. The Morgan fingerprint density at radius 2 is 0.754 bits per heavy atom. The zero-order valence-corrected chi connectivity index (χ0v) is 42.5. The molecule has 1 rings (SSSR count). The van der Waals surface area contributed by atoms with Crippen LogP contribution in [0.4, 0.5) is 0 Å². The number of esters is 2. The first-order valence-electron chi connectivity index (χ1n) is 25.1. The van der Waals surface area contributed by atoms with Gasteiger partial charge < -0.3 is 14.0 Å². The number of hydrogen-bond acceptors (Lipinski definition) is 7. The Morgan fingerprint density at radius 1 is 0.459 bits per heavy atom. The molecule has 0 aliphatic heterocycles. The van der Waals surface area contributed by atoms with Crippen molar-refractivity contribution in [2.24, 2.45) is 0 Å². The summed E-state index contributed by atoms with van der Waals surface area (Å²) >= 11 is 0. The molecule has 1 aromatic rings. The Bertz CT molecular complexity index is 1340. The van der Waals surface area contributed by atoms with Gasteiger partial charge in [0.15, 0.2) is 0 Å². The number of allylic oxidation sites excluding steroid dienone is 4. The zero-order valence-electron chi connectivity index (χ0n) is 39.7. The molecule has 61 heavy (non-hydrogen) atoms. The smallest absolute Gasteiger partial charge is 0.744 e. The van der Waals surface area contributed by atoms with Crippen LogP contribution in [-0.4, -0.2) is 38.1 Å². The van der Waals surface area contributed by atoms with E-state index in [1.807, 2.05) is 0 Å². The topological polar surface area (TPSA) is 110 Å². The van der Waals surface area contributed by atoms with Crippen molar-refractivity contribution in [2.75, 3.05) is 13.2 Å². The van der Waals surface area contributed by atoms with Crippen molar-refractivity contribution >= 4 is 22.1 Å². The van der Waals surface area contributed by atoms with Crippen molar-refractivity contribution in [3.63, 3.8) is 0 Å². The zero-order chi connectivity index (χ0) is 43.6. The van der Waals surface area contributed by atoms with Gasteiger partial charge in [-0.2, -0.15) is 0 Å². The maximum absolute atomic E-state index is 13.1. The normalized spacial score (nSPS) is 11.7. The third-order valence-corrected chi connectivity index (χ3v) is 12.4. The van der Waals surface area contributed by atoms with Crippen LogP contribution in [0, 0.1) is 0 Å². The molecular weight excluding hydrogens is 792 g/mol. The molecule has 346 valence electrons. The van der Waals surface area contributed by atoms with Crippen molar-refractivity contribution in [3.05, 3.63) is 53.6 Å². The summed E-state index contributed by atoms with van der Waals surface area (Å²) in [6, 6.07) is 3.64. The number of carbonyl (C=O) groups is 2. The van der Waals surface area contributed by atoms with Gasteiger partial charge in [0.25, 0.3) is 0 Å². The molecule has 0 unspecified atom stereocenters. The van der Waals surface area contributed by atoms with E-state index >= 15 is 0 Å². The van der Waals surface area contributed by atoms with Crippen molar-refractivity contribution in [1.29, 1.82) is 0 Å². The average molecular weight is 881 g/mol. The van der Waals surface area contributed by atoms with Crippen LogP contribution in [0.5, 0.6) is 0 Å². The van der Waals surface area contributed by atoms with E-state index in [4.69, 9.17) is 9.47 Å². The molecule has 9 heteroatoms. The Kier molecular flexibility index (Phi) is 42.7. The summed E-state index contributed by atoms with van der Waals surface area (Å²) in [4.78, 5) is 25.3. The predicted octanol–water partition coefficient (Wildman–Crippen LogP) is 13.1. The van der Waals surface area contributed by atoms with Crippen LogP contribution in [0.15, 0.2) is 47.4 Å². The molecule has 0 fully saturated rings. The van der Waals surface area contributed by atoms with E-state index in [1.54, 1.807) is 0 Å². The van der Waals surface area contributed by atoms with Crippen molar-refractivity contribution < 1.29 is 61.6 Å². The first-order valence-corrected chi connectivity index (χ1v) is 26.5. The van der Waals surface area contributed by atoms with Crippen LogP contribution < -0.4 is 29.6 Å². The fraction of sp³-hybridized carbons (Fsp3) is 0.769. The quantitative estimate of drug-likeness (QED) is 0.0211. The largest absolute Gasteiger partial charge is 1.00 e. The Morgan fingerprint density at radius 3 is 1.08 bits per heavy atom. The summed E-state index contributed by atoms with van der Waals surface area (Å²) in [5.41, 5.74) is -0.772. The number of rotatable bonds is 43. The minimum absolute atomic E-state index is 0. The summed E-state index contributed by atoms with van der Waals surface area (Å²) in [6.45, 7) is 4.76. The summed E-state index contributed by atoms with van der Waals surface area (Å²) in [5.74, 6) is -1.81. The Balaban J connectivity index is 0.0000360. The number of hydrogen-bond donors (Lipinski definition) is 0.